The van der Waals surface area contributed by atoms with Gasteiger partial charge in [0.05, 0.1) is 6.61 Å². The molecule has 1 fully saturated rings. The van der Waals surface area contributed by atoms with Crippen LogP contribution in [0.5, 0.6) is 11.5 Å². The van der Waals surface area contributed by atoms with Crippen LogP contribution in [-0.4, -0.2) is 26.3 Å². The van der Waals surface area contributed by atoms with Crippen molar-refractivity contribution in [2.24, 2.45) is 5.92 Å². The lowest BCUT2D eigenvalue weighted by Crippen LogP contribution is -2.26. The van der Waals surface area contributed by atoms with Crippen molar-refractivity contribution in [1.29, 1.82) is 0 Å². The summed E-state index contributed by atoms with van der Waals surface area (Å²) in [5.74, 6) is 2.70. The minimum Gasteiger partial charge on any atom is -0.494 e. The molecule has 19 heavy (non-hydrogen) atoms. The molecule has 0 unspecified atom stereocenters. The van der Waals surface area contributed by atoms with E-state index < -0.39 is 0 Å². The zero-order valence-electron chi connectivity index (χ0n) is 11.9. The molecular weight excluding hydrogens is 238 g/mol. The SMILES string of the molecule is CCOc1ccc(OCCNCC2CCCC2)cc1. The van der Waals surface area contributed by atoms with Crippen molar-refractivity contribution in [2.45, 2.75) is 32.6 Å². The second kappa shape index (κ2) is 8.05. The lowest BCUT2D eigenvalue weighted by Gasteiger charge is -2.11. The van der Waals surface area contributed by atoms with E-state index in [0.29, 0.717) is 6.61 Å². The lowest BCUT2D eigenvalue weighted by molar-refractivity contribution is 0.306. The van der Waals surface area contributed by atoms with E-state index in [1.54, 1.807) is 0 Å². The molecule has 1 aliphatic carbocycles. The fourth-order valence-electron chi connectivity index (χ4n) is 2.56. The Labute approximate surface area is 116 Å². The maximum Gasteiger partial charge on any atom is 0.119 e. The highest BCUT2D eigenvalue weighted by molar-refractivity contribution is 5.31. The average Bonchev–Trinajstić information content (AvgIpc) is 2.94. The molecule has 0 spiro atoms. The molecule has 0 amide bonds. The van der Waals surface area contributed by atoms with Gasteiger partial charge in [-0.1, -0.05) is 12.8 Å². The first-order chi connectivity index (χ1) is 9.38. The summed E-state index contributed by atoms with van der Waals surface area (Å²) in [6, 6.07) is 7.82. The lowest BCUT2D eigenvalue weighted by atomic mass is 10.1. The van der Waals surface area contributed by atoms with Gasteiger partial charge in [-0.2, -0.15) is 0 Å². The summed E-state index contributed by atoms with van der Waals surface area (Å²) in [4.78, 5) is 0. The van der Waals surface area contributed by atoms with E-state index in [0.717, 1.165) is 37.1 Å². The van der Waals surface area contributed by atoms with E-state index in [2.05, 4.69) is 5.32 Å². The molecule has 3 heteroatoms. The van der Waals surface area contributed by atoms with Crippen LogP contribution in [-0.2, 0) is 0 Å². The van der Waals surface area contributed by atoms with Crippen LogP contribution in [0.1, 0.15) is 32.6 Å². The molecule has 2 rings (SSSR count). The summed E-state index contributed by atoms with van der Waals surface area (Å²) in [5, 5.41) is 3.48. The normalized spacial score (nSPS) is 15.6. The first kappa shape index (κ1) is 14.2. The van der Waals surface area contributed by atoms with E-state index in [4.69, 9.17) is 9.47 Å². The van der Waals surface area contributed by atoms with E-state index in [1.807, 2.05) is 31.2 Å². The Balaban J connectivity index is 1.57. The number of benzene rings is 1. The maximum atomic E-state index is 5.69. The predicted molar refractivity (Wildman–Crippen MR) is 77.9 cm³/mol. The number of ether oxygens (including phenoxy) is 2. The Morgan fingerprint density at radius 1 is 1.05 bits per heavy atom. The average molecular weight is 263 g/mol. The highest BCUT2D eigenvalue weighted by Gasteiger charge is 2.13. The minimum absolute atomic E-state index is 0.700. The fraction of sp³-hybridized carbons (Fsp3) is 0.625. The van der Waals surface area contributed by atoms with Crippen LogP contribution in [0.3, 0.4) is 0 Å². The monoisotopic (exact) mass is 263 g/mol. The van der Waals surface area contributed by atoms with Crippen molar-refractivity contribution in [1.82, 2.24) is 5.32 Å². The van der Waals surface area contributed by atoms with Gasteiger partial charge in [0.1, 0.15) is 18.1 Å². The van der Waals surface area contributed by atoms with Crippen molar-refractivity contribution in [3.63, 3.8) is 0 Å². The van der Waals surface area contributed by atoms with Gasteiger partial charge >= 0.3 is 0 Å². The third-order valence-corrected chi connectivity index (χ3v) is 3.59. The highest BCUT2D eigenvalue weighted by Crippen LogP contribution is 2.23. The first-order valence-electron chi connectivity index (χ1n) is 7.45. The van der Waals surface area contributed by atoms with Gasteiger partial charge in [-0.3, -0.25) is 0 Å². The van der Waals surface area contributed by atoms with Crippen LogP contribution in [0.4, 0.5) is 0 Å². The molecule has 0 radical (unpaired) electrons. The first-order valence-corrected chi connectivity index (χ1v) is 7.45. The molecule has 0 saturated heterocycles. The molecule has 1 N–H and O–H groups in total. The summed E-state index contributed by atoms with van der Waals surface area (Å²) in [6.45, 7) is 5.47. The largest absolute Gasteiger partial charge is 0.494 e. The summed E-state index contributed by atoms with van der Waals surface area (Å²) in [7, 11) is 0. The van der Waals surface area contributed by atoms with Gasteiger partial charge in [0.25, 0.3) is 0 Å². The smallest absolute Gasteiger partial charge is 0.119 e. The van der Waals surface area contributed by atoms with Crippen molar-refractivity contribution in [3.05, 3.63) is 24.3 Å². The number of nitrogens with one attached hydrogen (secondary N) is 1. The Hall–Kier alpha value is -1.22. The molecule has 0 bridgehead atoms. The van der Waals surface area contributed by atoms with E-state index in [9.17, 15) is 0 Å². The third-order valence-electron chi connectivity index (χ3n) is 3.59. The molecule has 3 nitrogen and oxygen atoms in total. The molecule has 106 valence electrons. The topological polar surface area (TPSA) is 30.5 Å². The van der Waals surface area contributed by atoms with Crippen LogP contribution in [0, 0.1) is 5.92 Å². The summed E-state index contributed by atoms with van der Waals surface area (Å²) < 4.78 is 11.1. The molecule has 1 aliphatic rings. The number of hydrogen-bond donors (Lipinski definition) is 1. The van der Waals surface area contributed by atoms with Crippen molar-refractivity contribution in [2.75, 3.05) is 26.3 Å². The maximum absolute atomic E-state index is 5.69. The van der Waals surface area contributed by atoms with Gasteiger partial charge in [0.2, 0.25) is 0 Å². The van der Waals surface area contributed by atoms with Gasteiger partial charge in [-0.05, 0) is 56.5 Å². The second-order valence-corrected chi connectivity index (χ2v) is 5.11. The van der Waals surface area contributed by atoms with Gasteiger partial charge in [0, 0.05) is 6.54 Å². The quantitative estimate of drug-likeness (QED) is 0.730. The zero-order chi connectivity index (χ0) is 13.3. The minimum atomic E-state index is 0.700. The molecule has 0 aromatic heterocycles. The predicted octanol–water partition coefficient (Wildman–Crippen LogP) is 3.24. The molecular formula is C16H25NO2. The molecule has 1 aromatic rings. The van der Waals surface area contributed by atoms with E-state index in [1.165, 1.54) is 25.7 Å². The van der Waals surface area contributed by atoms with Crippen LogP contribution in [0.2, 0.25) is 0 Å². The van der Waals surface area contributed by atoms with Crippen molar-refractivity contribution < 1.29 is 9.47 Å². The van der Waals surface area contributed by atoms with E-state index in [-0.39, 0.29) is 0 Å². The molecule has 0 heterocycles. The fourth-order valence-corrected chi connectivity index (χ4v) is 2.56. The number of rotatable bonds is 8. The molecule has 1 saturated carbocycles. The Bertz CT molecular complexity index is 344. The van der Waals surface area contributed by atoms with Crippen LogP contribution in [0.15, 0.2) is 24.3 Å². The number of hydrogen-bond acceptors (Lipinski definition) is 3. The molecule has 0 atom stereocenters. The van der Waals surface area contributed by atoms with Crippen LogP contribution < -0.4 is 14.8 Å². The Morgan fingerprint density at radius 3 is 2.32 bits per heavy atom. The van der Waals surface area contributed by atoms with Crippen molar-refractivity contribution >= 4 is 0 Å². The van der Waals surface area contributed by atoms with E-state index >= 15 is 0 Å². The standard InChI is InChI=1S/C16H25NO2/c1-2-18-15-7-9-16(10-8-15)19-12-11-17-13-14-5-3-4-6-14/h7-10,14,17H,2-6,11-13H2,1H3. The third kappa shape index (κ3) is 5.11. The zero-order valence-corrected chi connectivity index (χ0v) is 11.9. The van der Waals surface area contributed by atoms with Crippen LogP contribution in [0.25, 0.3) is 0 Å². The Kier molecular flexibility index (Phi) is 6.02. The second-order valence-electron chi connectivity index (χ2n) is 5.11. The highest BCUT2D eigenvalue weighted by atomic mass is 16.5. The van der Waals surface area contributed by atoms with Gasteiger partial charge in [-0.15, -0.1) is 0 Å². The summed E-state index contributed by atoms with van der Waals surface area (Å²) in [6.07, 6.45) is 5.61. The Morgan fingerprint density at radius 2 is 1.68 bits per heavy atom. The van der Waals surface area contributed by atoms with Gasteiger partial charge in [0.15, 0.2) is 0 Å². The summed E-state index contributed by atoms with van der Waals surface area (Å²) in [5.41, 5.74) is 0. The molecule has 0 aliphatic heterocycles. The van der Waals surface area contributed by atoms with Crippen LogP contribution >= 0.6 is 0 Å². The summed E-state index contributed by atoms with van der Waals surface area (Å²) >= 11 is 0. The van der Waals surface area contributed by atoms with Crippen molar-refractivity contribution in [3.8, 4) is 11.5 Å². The van der Waals surface area contributed by atoms with Gasteiger partial charge < -0.3 is 14.8 Å². The van der Waals surface area contributed by atoms with Gasteiger partial charge in [-0.25, -0.2) is 0 Å². The molecule has 1 aromatic carbocycles.